The lowest BCUT2D eigenvalue weighted by atomic mass is 10.0. The molecule has 4 rings (SSSR count). The SMILES string of the molecule is Cn1nc2c(c1-c1ccccc1)CCN(C(=O)c1cc(N)n[nH]1)CC2. The molecule has 1 aromatic carbocycles. The van der Waals surface area contributed by atoms with Gasteiger partial charge < -0.3 is 10.6 Å². The molecule has 0 atom stereocenters. The smallest absolute Gasteiger partial charge is 0.271 e. The summed E-state index contributed by atoms with van der Waals surface area (Å²) in [5.41, 5.74) is 10.6. The quantitative estimate of drug-likeness (QED) is 0.744. The number of nitrogen functional groups attached to an aromatic ring is 1. The van der Waals surface area contributed by atoms with Crippen molar-refractivity contribution in [3.8, 4) is 11.3 Å². The van der Waals surface area contributed by atoms with Gasteiger partial charge in [-0.2, -0.15) is 10.2 Å². The number of aryl methyl sites for hydroxylation is 1. The maximum Gasteiger partial charge on any atom is 0.271 e. The summed E-state index contributed by atoms with van der Waals surface area (Å²) in [6, 6.07) is 11.8. The number of aromatic nitrogens is 4. The summed E-state index contributed by atoms with van der Waals surface area (Å²) in [6.07, 6.45) is 1.52. The molecule has 0 spiro atoms. The number of carbonyl (C=O) groups is 1. The topological polar surface area (TPSA) is 92.8 Å². The zero-order valence-electron chi connectivity index (χ0n) is 14.1. The second-order valence-electron chi connectivity index (χ2n) is 6.26. The van der Waals surface area contributed by atoms with Crippen LogP contribution in [0, 0.1) is 0 Å². The van der Waals surface area contributed by atoms with Gasteiger partial charge >= 0.3 is 0 Å². The molecule has 25 heavy (non-hydrogen) atoms. The van der Waals surface area contributed by atoms with E-state index in [0.29, 0.717) is 24.6 Å². The minimum atomic E-state index is -0.0695. The number of amides is 1. The average molecular weight is 336 g/mol. The first-order chi connectivity index (χ1) is 12.1. The van der Waals surface area contributed by atoms with E-state index >= 15 is 0 Å². The Morgan fingerprint density at radius 1 is 1.20 bits per heavy atom. The molecular weight excluding hydrogens is 316 g/mol. The first-order valence-corrected chi connectivity index (χ1v) is 8.34. The highest BCUT2D eigenvalue weighted by atomic mass is 16.2. The van der Waals surface area contributed by atoms with Crippen LogP contribution in [0.25, 0.3) is 11.3 Å². The second kappa shape index (κ2) is 6.08. The van der Waals surface area contributed by atoms with Crippen molar-refractivity contribution < 1.29 is 4.79 Å². The Morgan fingerprint density at radius 3 is 2.68 bits per heavy atom. The third kappa shape index (κ3) is 2.77. The van der Waals surface area contributed by atoms with E-state index in [9.17, 15) is 4.79 Å². The Bertz CT molecular complexity index is 911. The fourth-order valence-electron chi connectivity index (χ4n) is 3.46. The summed E-state index contributed by atoms with van der Waals surface area (Å²) in [4.78, 5) is 14.5. The van der Waals surface area contributed by atoms with Crippen molar-refractivity contribution in [2.75, 3.05) is 18.8 Å². The van der Waals surface area contributed by atoms with Gasteiger partial charge in [-0.3, -0.25) is 14.6 Å². The van der Waals surface area contributed by atoms with E-state index in [1.165, 1.54) is 5.56 Å². The molecule has 0 saturated heterocycles. The molecule has 0 bridgehead atoms. The largest absolute Gasteiger partial charge is 0.382 e. The van der Waals surface area contributed by atoms with Crippen LogP contribution in [0.3, 0.4) is 0 Å². The lowest BCUT2D eigenvalue weighted by Gasteiger charge is -2.19. The number of nitrogens with two attached hydrogens (primary N) is 1. The normalized spacial score (nSPS) is 14.2. The maximum atomic E-state index is 12.6. The molecular formula is C18H20N6O. The number of hydrogen-bond donors (Lipinski definition) is 2. The highest BCUT2D eigenvalue weighted by molar-refractivity contribution is 5.93. The number of aromatic amines is 1. The molecule has 0 radical (unpaired) electrons. The predicted octanol–water partition coefficient (Wildman–Crippen LogP) is 1.63. The molecule has 1 amide bonds. The van der Waals surface area contributed by atoms with Gasteiger partial charge in [0, 0.05) is 43.8 Å². The second-order valence-corrected chi connectivity index (χ2v) is 6.26. The lowest BCUT2D eigenvalue weighted by Crippen LogP contribution is -2.33. The van der Waals surface area contributed by atoms with Gasteiger partial charge in [0.05, 0.1) is 11.4 Å². The molecule has 0 unspecified atom stereocenters. The molecule has 0 fully saturated rings. The standard InChI is InChI=1S/C18H20N6O/c1-23-17(12-5-3-2-4-6-12)13-7-9-24(10-8-14(13)22-23)18(25)15-11-16(19)21-20-15/h2-6,11H,7-10H2,1H3,(H3,19,20,21). The molecule has 2 aromatic heterocycles. The summed E-state index contributed by atoms with van der Waals surface area (Å²) < 4.78 is 1.95. The predicted molar refractivity (Wildman–Crippen MR) is 95.0 cm³/mol. The van der Waals surface area contributed by atoms with E-state index < -0.39 is 0 Å². The van der Waals surface area contributed by atoms with Crippen LogP contribution in [0.1, 0.15) is 21.7 Å². The van der Waals surface area contributed by atoms with E-state index in [-0.39, 0.29) is 5.91 Å². The van der Waals surface area contributed by atoms with Crippen molar-refractivity contribution in [1.29, 1.82) is 0 Å². The third-order valence-corrected chi connectivity index (χ3v) is 4.64. The maximum absolute atomic E-state index is 12.6. The number of benzene rings is 1. The number of hydrogen-bond acceptors (Lipinski definition) is 4. The highest BCUT2D eigenvalue weighted by Gasteiger charge is 2.25. The number of nitrogens with one attached hydrogen (secondary N) is 1. The summed E-state index contributed by atoms with van der Waals surface area (Å²) in [6.45, 7) is 1.28. The summed E-state index contributed by atoms with van der Waals surface area (Å²) in [5, 5.41) is 11.2. The average Bonchev–Trinajstić information content (AvgIpc) is 3.12. The molecule has 0 saturated carbocycles. The van der Waals surface area contributed by atoms with Crippen LogP contribution >= 0.6 is 0 Å². The van der Waals surface area contributed by atoms with Gasteiger partial charge in [-0.25, -0.2) is 0 Å². The minimum absolute atomic E-state index is 0.0695. The van der Waals surface area contributed by atoms with Gasteiger partial charge in [-0.1, -0.05) is 30.3 Å². The van der Waals surface area contributed by atoms with Crippen molar-refractivity contribution in [2.24, 2.45) is 7.05 Å². The molecule has 0 aliphatic carbocycles. The van der Waals surface area contributed by atoms with Crippen molar-refractivity contribution in [1.82, 2.24) is 24.9 Å². The van der Waals surface area contributed by atoms with Crippen LogP contribution in [0.4, 0.5) is 5.82 Å². The molecule has 7 nitrogen and oxygen atoms in total. The summed E-state index contributed by atoms with van der Waals surface area (Å²) in [7, 11) is 1.98. The van der Waals surface area contributed by atoms with Crippen LogP contribution in [0.2, 0.25) is 0 Å². The van der Waals surface area contributed by atoms with E-state index in [1.54, 1.807) is 6.07 Å². The fraction of sp³-hybridized carbons (Fsp3) is 0.278. The highest BCUT2D eigenvalue weighted by Crippen LogP contribution is 2.28. The van der Waals surface area contributed by atoms with E-state index in [0.717, 1.165) is 29.8 Å². The zero-order chi connectivity index (χ0) is 17.4. The summed E-state index contributed by atoms with van der Waals surface area (Å²) in [5.74, 6) is 0.259. The molecule has 3 aromatic rings. The Kier molecular flexibility index (Phi) is 3.76. The van der Waals surface area contributed by atoms with Crippen LogP contribution in [0.15, 0.2) is 36.4 Å². The molecule has 7 heteroatoms. The fourth-order valence-corrected chi connectivity index (χ4v) is 3.46. The third-order valence-electron chi connectivity index (χ3n) is 4.64. The first kappa shape index (κ1) is 15.4. The van der Waals surface area contributed by atoms with Crippen molar-refractivity contribution in [2.45, 2.75) is 12.8 Å². The number of anilines is 1. The lowest BCUT2D eigenvalue weighted by molar-refractivity contribution is 0.0757. The number of nitrogens with zero attached hydrogens (tertiary/aromatic N) is 4. The van der Waals surface area contributed by atoms with E-state index in [1.807, 2.05) is 34.8 Å². The minimum Gasteiger partial charge on any atom is -0.382 e. The number of H-pyrrole nitrogens is 1. The molecule has 1 aliphatic rings. The van der Waals surface area contributed by atoms with Gasteiger partial charge in [0.15, 0.2) is 0 Å². The van der Waals surface area contributed by atoms with Crippen LogP contribution in [-0.4, -0.2) is 43.9 Å². The summed E-state index contributed by atoms with van der Waals surface area (Å²) >= 11 is 0. The number of rotatable bonds is 2. The van der Waals surface area contributed by atoms with Crippen LogP contribution in [0.5, 0.6) is 0 Å². The molecule has 3 heterocycles. The van der Waals surface area contributed by atoms with Crippen LogP contribution in [-0.2, 0) is 19.9 Å². The van der Waals surface area contributed by atoms with E-state index in [4.69, 9.17) is 10.8 Å². The Labute approximate surface area is 145 Å². The Hall–Kier alpha value is -3.09. The molecule has 1 aliphatic heterocycles. The van der Waals surface area contributed by atoms with Gasteiger partial charge in [0.1, 0.15) is 11.5 Å². The number of carbonyl (C=O) groups excluding carboxylic acids is 1. The molecule has 128 valence electrons. The van der Waals surface area contributed by atoms with Gasteiger partial charge in [0.25, 0.3) is 5.91 Å². The van der Waals surface area contributed by atoms with Crippen molar-refractivity contribution in [3.05, 3.63) is 53.3 Å². The Balaban J connectivity index is 1.61. The van der Waals surface area contributed by atoms with Crippen LogP contribution < -0.4 is 5.73 Å². The molecule has 3 N–H and O–H groups in total. The number of fused-ring (bicyclic) bond motifs is 1. The van der Waals surface area contributed by atoms with Gasteiger partial charge in [-0.15, -0.1) is 0 Å². The van der Waals surface area contributed by atoms with Gasteiger partial charge in [0.2, 0.25) is 0 Å². The van der Waals surface area contributed by atoms with Crippen molar-refractivity contribution >= 4 is 11.7 Å². The zero-order valence-corrected chi connectivity index (χ0v) is 14.1. The monoisotopic (exact) mass is 336 g/mol. The van der Waals surface area contributed by atoms with Crippen molar-refractivity contribution in [3.63, 3.8) is 0 Å². The Morgan fingerprint density at radius 2 is 1.96 bits per heavy atom. The first-order valence-electron chi connectivity index (χ1n) is 8.34. The van der Waals surface area contributed by atoms with E-state index in [2.05, 4.69) is 22.3 Å². The van der Waals surface area contributed by atoms with Gasteiger partial charge in [-0.05, 0) is 6.42 Å².